The number of aliphatic hydroxyl groups is 1. The lowest BCUT2D eigenvalue weighted by Crippen LogP contribution is -2.19. The molecule has 0 spiro atoms. The number of hydrogen-bond acceptors (Lipinski definition) is 1. The second-order valence-corrected chi connectivity index (χ2v) is 6.66. The van der Waals surface area contributed by atoms with E-state index < -0.39 is 0 Å². The molecule has 2 aliphatic carbocycles. The van der Waals surface area contributed by atoms with Gasteiger partial charge < -0.3 is 5.11 Å². The van der Waals surface area contributed by atoms with E-state index in [1.165, 1.54) is 42.4 Å². The first kappa shape index (κ1) is 13.1. The number of aliphatic hydroxyl groups excluding tert-OH is 1. The van der Waals surface area contributed by atoms with Crippen LogP contribution in [0.5, 0.6) is 0 Å². The third kappa shape index (κ3) is 2.20. The van der Waals surface area contributed by atoms with Crippen LogP contribution < -0.4 is 0 Å². The number of aryl methyl sites for hydroxylation is 2. The molecule has 2 aromatic carbocycles. The van der Waals surface area contributed by atoms with Crippen molar-refractivity contribution in [3.63, 3.8) is 0 Å². The van der Waals surface area contributed by atoms with E-state index in [2.05, 4.69) is 42.5 Å². The van der Waals surface area contributed by atoms with Crippen molar-refractivity contribution in [1.29, 1.82) is 0 Å². The van der Waals surface area contributed by atoms with Gasteiger partial charge in [0.05, 0.1) is 6.10 Å². The van der Waals surface area contributed by atoms with Crippen LogP contribution in [0.2, 0.25) is 0 Å². The maximum absolute atomic E-state index is 11.0. The Morgan fingerprint density at radius 2 is 1.57 bits per heavy atom. The smallest absolute Gasteiger partial charge is 0.0886 e. The molecule has 0 aliphatic heterocycles. The first-order chi connectivity index (χ1) is 10.3. The van der Waals surface area contributed by atoms with E-state index in [-0.39, 0.29) is 11.5 Å². The molecule has 0 aromatic heterocycles. The Hall–Kier alpha value is -1.60. The van der Waals surface area contributed by atoms with Crippen LogP contribution in [0, 0.1) is 0 Å². The standard InChI is InChI=1S/C20H22O/c21-19(20(12-13-20)18-8-2-1-3-9-18)17-11-10-15-6-4-5-7-16(15)14-17/h1-3,8-11,14,19,21H,4-7,12-13H2. The lowest BCUT2D eigenvalue weighted by atomic mass is 9.83. The van der Waals surface area contributed by atoms with Gasteiger partial charge in [0.25, 0.3) is 0 Å². The van der Waals surface area contributed by atoms with Gasteiger partial charge in [0.1, 0.15) is 0 Å². The molecule has 1 unspecified atom stereocenters. The van der Waals surface area contributed by atoms with Crippen molar-refractivity contribution in [1.82, 2.24) is 0 Å². The molecule has 0 amide bonds. The van der Waals surface area contributed by atoms with E-state index in [9.17, 15) is 5.11 Å². The molecular weight excluding hydrogens is 256 g/mol. The third-order valence-corrected chi connectivity index (χ3v) is 5.35. The predicted molar refractivity (Wildman–Crippen MR) is 85.4 cm³/mol. The highest BCUT2D eigenvalue weighted by molar-refractivity contribution is 5.41. The molecule has 0 saturated heterocycles. The summed E-state index contributed by atoms with van der Waals surface area (Å²) in [6.07, 6.45) is 6.79. The van der Waals surface area contributed by atoms with E-state index in [0.29, 0.717) is 0 Å². The van der Waals surface area contributed by atoms with Crippen LogP contribution in [0.4, 0.5) is 0 Å². The fraction of sp³-hybridized carbons (Fsp3) is 0.400. The lowest BCUT2D eigenvalue weighted by Gasteiger charge is -2.25. The Bertz CT molecular complexity index is 640. The molecule has 0 bridgehead atoms. The van der Waals surface area contributed by atoms with Crippen molar-refractivity contribution >= 4 is 0 Å². The number of hydrogen-bond donors (Lipinski definition) is 1. The normalized spacial score (nSPS) is 20.6. The van der Waals surface area contributed by atoms with Gasteiger partial charge in [0.2, 0.25) is 0 Å². The average Bonchev–Trinajstić information content (AvgIpc) is 3.36. The quantitative estimate of drug-likeness (QED) is 0.886. The van der Waals surface area contributed by atoms with Gasteiger partial charge in [0, 0.05) is 5.41 Å². The van der Waals surface area contributed by atoms with Crippen molar-refractivity contribution in [3.8, 4) is 0 Å². The van der Waals surface area contributed by atoms with E-state index >= 15 is 0 Å². The largest absolute Gasteiger partial charge is 0.387 e. The van der Waals surface area contributed by atoms with Crippen LogP contribution in [0.15, 0.2) is 48.5 Å². The molecule has 108 valence electrons. The Balaban J connectivity index is 1.67. The molecule has 2 aliphatic rings. The summed E-state index contributed by atoms with van der Waals surface area (Å²) in [7, 11) is 0. The maximum Gasteiger partial charge on any atom is 0.0886 e. The van der Waals surface area contributed by atoms with Gasteiger partial charge in [-0.05, 0) is 60.8 Å². The molecule has 1 fully saturated rings. The molecular formula is C20H22O. The number of fused-ring (bicyclic) bond motifs is 1. The van der Waals surface area contributed by atoms with Gasteiger partial charge in [-0.2, -0.15) is 0 Å². The Morgan fingerprint density at radius 1 is 0.857 bits per heavy atom. The summed E-state index contributed by atoms with van der Waals surface area (Å²) in [5.41, 5.74) is 5.31. The minimum Gasteiger partial charge on any atom is -0.387 e. The highest BCUT2D eigenvalue weighted by atomic mass is 16.3. The Kier molecular flexibility index (Phi) is 3.11. The zero-order valence-corrected chi connectivity index (χ0v) is 12.4. The molecule has 1 N–H and O–H groups in total. The maximum atomic E-state index is 11.0. The van der Waals surface area contributed by atoms with E-state index in [4.69, 9.17) is 0 Å². The highest BCUT2D eigenvalue weighted by Gasteiger charge is 2.50. The van der Waals surface area contributed by atoms with Gasteiger partial charge in [0.15, 0.2) is 0 Å². The van der Waals surface area contributed by atoms with Crippen molar-refractivity contribution < 1.29 is 5.11 Å². The lowest BCUT2D eigenvalue weighted by molar-refractivity contribution is 0.133. The molecule has 4 rings (SSSR count). The molecule has 1 saturated carbocycles. The molecule has 2 aromatic rings. The van der Waals surface area contributed by atoms with Crippen LogP contribution >= 0.6 is 0 Å². The van der Waals surface area contributed by atoms with Crippen molar-refractivity contribution in [2.75, 3.05) is 0 Å². The monoisotopic (exact) mass is 278 g/mol. The molecule has 1 nitrogen and oxygen atoms in total. The minimum atomic E-state index is -0.368. The zero-order valence-electron chi connectivity index (χ0n) is 12.4. The summed E-state index contributed by atoms with van der Waals surface area (Å²) in [4.78, 5) is 0. The third-order valence-electron chi connectivity index (χ3n) is 5.35. The predicted octanol–water partition coefficient (Wildman–Crippen LogP) is 4.33. The first-order valence-corrected chi connectivity index (χ1v) is 8.15. The van der Waals surface area contributed by atoms with E-state index in [1.54, 1.807) is 0 Å². The Labute approximate surface area is 126 Å². The Morgan fingerprint density at radius 3 is 2.29 bits per heavy atom. The van der Waals surface area contributed by atoms with Crippen LogP contribution in [-0.2, 0) is 18.3 Å². The molecule has 1 heteroatoms. The second-order valence-electron chi connectivity index (χ2n) is 6.66. The van der Waals surface area contributed by atoms with Gasteiger partial charge >= 0.3 is 0 Å². The highest BCUT2D eigenvalue weighted by Crippen LogP contribution is 2.56. The van der Waals surface area contributed by atoms with Crippen LogP contribution in [0.1, 0.15) is 54.0 Å². The molecule has 0 heterocycles. The van der Waals surface area contributed by atoms with Crippen LogP contribution in [0.25, 0.3) is 0 Å². The summed E-state index contributed by atoms with van der Waals surface area (Å²) < 4.78 is 0. The first-order valence-electron chi connectivity index (χ1n) is 8.15. The van der Waals surface area contributed by atoms with Gasteiger partial charge in [-0.1, -0.05) is 48.5 Å². The van der Waals surface area contributed by atoms with Crippen LogP contribution in [0.3, 0.4) is 0 Å². The summed E-state index contributed by atoms with van der Waals surface area (Å²) in [6.45, 7) is 0. The topological polar surface area (TPSA) is 20.2 Å². The second kappa shape index (κ2) is 4.99. The van der Waals surface area contributed by atoms with E-state index in [0.717, 1.165) is 18.4 Å². The molecule has 21 heavy (non-hydrogen) atoms. The SMILES string of the molecule is OC(c1ccc2c(c1)CCCC2)C1(c2ccccc2)CC1. The van der Waals surface area contributed by atoms with Crippen molar-refractivity contribution in [3.05, 3.63) is 70.8 Å². The van der Waals surface area contributed by atoms with Gasteiger partial charge in [-0.3, -0.25) is 0 Å². The summed E-state index contributed by atoms with van der Waals surface area (Å²) in [5, 5.41) is 11.0. The number of benzene rings is 2. The van der Waals surface area contributed by atoms with Gasteiger partial charge in [-0.25, -0.2) is 0 Å². The summed E-state index contributed by atoms with van der Waals surface area (Å²) in [6, 6.07) is 17.2. The van der Waals surface area contributed by atoms with Gasteiger partial charge in [-0.15, -0.1) is 0 Å². The zero-order chi connectivity index (χ0) is 14.3. The fourth-order valence-corrected chi connectivity index (χ4v) is 3.87. The summed E-state index contributed by atoms with van der Waals surface area (Å²) in [5.74, 6) is 0. The van der Waals surface area contributed by atoms with Crippen molar-refractivity contribution in [2.45, 2.75) is 50.0 Å². The van der Waals surface area contributed by atoms with E-state index in [1.807, 2.05) is 6.07 Å². The molecule has 0 radical (unpaired) electrons. The minimum absolute atomic E-state index is 0.0375. The fourth-order valence-electron chi connectivity index (χ4n) is 3.87. The molecule has 1 atom stereocenters. The van der Waals surface area contributed by atoms with Crippen LogP contribution in [-0.4, -0.2) is 5.11 Å². The van der Waals surface area contributed by atoms with Crippen molar-refractivity contribution in [2.24, 2.45) is 0 Å². The number of rotatable bonds is 3. The summed E-state index contributed by atoms with van der Waals surface area (Å²) >= 11 is 0. The average molecular weight is 278 g/mol.